The molecule has 1 aliphatic heterocycles. The Kier molecular flexibility index (Phi) is 2.58. The van der Waals surface area contributed by atoms with Crippen LogP contribution in [0.2, 0.25) is 0 Å². The number of rotatable bonds is 2. The third-order valence-corrected chi connectivity index (χ3v) is 3.25. The van der Waals surface area contributed by atoms with Gasteiger partial charge in [-0.05, 0) is 6.42 Å². The summed E-state index contributed by atoms with van der Waals surface area (Å²) in [6.45, 7) is 4.53. The summed E-state index contributed by atoms with van der Waals surface area (Å²) in [5, 5.41) is 8.03. The Morgan fingerprint density at radius 1 is 1.33 bits per heavy atom. The maximum atomic E-state index is 5.90. The quantitative estimate of drug-likeness (QED) is 0.815. The minimum absolute atomic E-state index is 0.564. The van der Waals surface area contributed by atoms with Gasteiger partial charge in [-0.3, -0.25) is 0 Å². The lowest BCUT2D eigenvalue weighted by atomic mass is 10.2. The van der Waals surface area contributed by atoms with Crippen LogP contribution < -0.4 is 10.6 Å². The Morgan fingerprint density at radius 3 is 3.06 bits per heavy atom. The molecule has 0 radical (unpaired) electrons. The first-order chi connectivity index (χ1) is 8.79. The Bertz CT molecular complexity index is 562. The number of hydrogen-bond donors (Lipinski definition) is 1. The fourth-order valence-corrected chi connectivity index (χ4v) is 2.28. The van der Waals surface area contributed by atoms with E-state index in [-0.39, 0.29) is 0 Å². The minimum atomic E-state index is 0.564. The van der Waals surface area contributed by atoms with Crippen molar-refractivity contribution in [2.24, 2.45) is 0 Å². The molecule has 0 saturated heterocycles. The van der Waals surface area contributed by atoms with Gasteiger partial charge in [0.1, 0.15) is 24.3 Å². The second-order valence-corrected chi connectivity index (χ2v) is 4.28. The summed E-state index contributed by atoms with van der Waals surface area (Å²) in [6.07, 6.45) is 4.11. The monoisotopic (exact) mass is 245 g/mol. The van der Waals surface area contributed by atoms with Crippen LogP contribution in [0.1, 0.15) is 18.3 Å². The minimum Gasteiger partial charge on any atom is -0.383 e. The van der Waals surface area contributed by atoms with Crippen LogP contribution in [0.3, 0.4) is 0 Å². The van der Waals surface area contributed by atoms with Crippen molar-refractivity contribution in [2.45, 2.75) is 26.4 Å². The van der Waals surface area contributed by atoms with Crippen molar-refractivity contribution in [2.75, 3.05) is 17.2 Å². The zero-order valence-corrected chi connectivity index (χ0v) is 10.2. The summed E-state index contributed by atoms with van der Waals surface area (Å²) in [5.74, 6) is 2.44. The van der Waals surface area contributed by atoms with Crippen LogP contribution in [0.15, 0.2) is 12.7 Å². The Hall–Kier alpha value is -2.18. The van der Waals surface area contributed by atoms with Gasteiger partial charge in [0, 0.05) is 18.7 Å². The standard InChI is InChI=1S/C11H15N7/c1-2-8-10(12)13-6-14-11(8)17-3-4-18-7-15-16-9(18)5-17/h6-7H,2-5H2,1H3,(H2,12,13,14). The molecule has 2 aromatic rings. The number of anilines is 2. The van der Waals surface area contributed by atoms with E-state index < -0.39 is 0 Å². The first kappa shape index (κ1) is 10.9. The molecule has 7 nitrogen and oxygen atoms in total. The molecule has 0 atom stereocenters. The van der Waals surface area contributed by atoms with Crippen molar-refractivity contribution in [3.8, 4) is 0 Å². The van der Waals surface area contributed by atoms with Crippen LogP contribution in [-0.4, -0.2) is 31.3 Å². The van der Waals surface area contributed by atoms with Gasteiger partial charge in [-0.25, -0.2) is 9.97 Å². The molecule has 0 aromatic carbocycles. The molecule has 0 aliphatic carbocycles. The Morgan fingerprint density at radius 2 is 2.22 bits per heavy atom. The van der Waals surface area contributed by atoms with E-state index in [0.717, 1.165) is 36.7 Å². The predicted molar refractivity (Wildman–Crippen MR) is 66.9 cm³/mol. The van der Waals surface area contributed by atoms with Gasteiger partial charge in [-0.15, -0.1) is 10.2 Å². The van der Waals surface area contributed by atoms with Crippen LogP contribution in [0.4, 0.5) is 11.6 Å². The van der Waals surface area contributed by atoms with Gasteiger partial charge >= 0.3 is 0 Å². The van der Waals surface area contributed by atoms with Gasteiger partial charge in [0.2, 0.25) is 0 Å². The molecule has 0 spiro atoms. The summed E-state index contributed by atoms with van der Waals surface area (Å²) in [4.78, 5) is 10.6. The van der Waals surface area contributed by atoms with E-state index in [1.165, 1.54) is 6.33 Å². The zero-order valence-electron chi connectivity index (χ0n) is 10.2. The van der Waals surface area contributed by atoms with Crippen LogP contribution >= 0.6 is 0 Å². The van der Waals surface area contributed by atoms with E-state index in [9.17, 15) is 0 Å². The lowest BCUT2D eigenvalue weighted by Crippen LogP contribution is -2.35. The molecule has 94 valence electrons. The molecule has 7 heteroatoms. The smallest absolute Gasteiger partial charge is 0.152 e. The van der Waals surface area contributed by atoms with Gasteiger partial charge < -0.3 is 15.2 Å². The topological polar surface area (TPSA) is 85.8 Å². The van der Waals surface area contributed by atoms with Gasteiger partial charge in [-0.1, -0.05) is 6.92 Å². The molecule has 3 rings (SSSR count). The fraction of sp³-hybridized carbons (Fsp3) is 0.455. The molecule has 0 unspecified atom stereocenters. The molecule has 1 aliphatic rings. The second-order valence-electron chi connectivity index (χ2n) is 4.28. The van der Waals surface area contributed by atoms with Gasteiger partial charge in [0.25, 0.3) is 0 Å². The molecule has 0 fully saturated rings. The fourth-order valence-electron chi connectivity index (χ4n) is 2.28. The highest BCUT2D eigenvalue weighted by Crippen LogP contribution is 2.24. The van der Waals surface area contributed by atoms with Crippen molar-refractivity contribution in [3.63, 3.8) is 0 Å². The number of aromatic nitrogens is 5. The van der Waals surface area contributed by atoms with Crippen LogP contribution in [-0.2, 0) is 19.5 Å². The zero-order chi connectivity index (χ0) is 12.5. The lowest BCUT2D eigenvalue weighted by Gasteiger charge is -2.29. The summed E-state index contributed by atoms with van der Waals surface area (Å²) >= 11 is 0. The largest absolute Gasteiger partial charge is 0.383 e. The van der Waals surface area contributed by atoms with Gasteiger partial charge in [0.15, 0.2) is 5.82 Å². The third-order valence-electron chi connectivity index (χ3n) is 3.25. The van der Waals surface area contributed by atoms with Crippen molar-refractivity contribution < 1.29 is 0 Å². The van der Waals surface area contributed by atoms with Gasteiger partial charge in [-0.2, -0.15) is 0 Å². The summed E-state index contributed by atoms with van der Waals surface area (Å²) in [7, 11) is 0. The highest BCUT2D eigenvalue weighted by Gasteiger charge is 2.21. The number of nitrogen functional groups attached to an aromatic ring is 1. The molecule has 0 saturated carbocycles. The normalized spacial score (nSPS) is 14.6. The molecule has 0 bridgehead atoms. The number of nitrogens with zero attached hydrogens (tertiary/aromatic N) is 6. The maximum absolute atomic E-state index is 5.90. The molecular formula is C11H15N7. The van der Waals surface area contributed by atoms with Crippen molar-refractivity contribution in [1.29, 1.82) is 0 Å². The van der Waals surface area contributed by atoms with Crippen LogP contribution in [0.5, 0.6) is 0 Å². The SMILES string of the molecule is CCc1c(N)ncnc1N1CCn2cnnc2C1. The summed E-state index contributed by atoms with van der Waals surface area (Å²) in [6, 6.07) is 0. The average molecular weight is 245 g/mol. The van der Waals surface area contributed by atoms with E-state index in [1.807, 2.05) is 0 Å². The molecule has 3 heterocycles. The number of fused-ring (bicyclic) bond motifs is 1. The van der Waals surface area contributed by atoms with E-state index in [4.69, 9.17) is 5.73 Å². The Balaban J connectivity index is 1.95. The number of hydrogen-bond acceptors (Lipinski definition) is 6. The van der Waals surface area contributed by atoms with Crippen molar-refractivity contribution >= 4 is 11.6 Å². The molecule has 2 N–H and O–H groups in total. The first-order valence-corrected chi connectivity index (χ1v) is 6.00. The van der Waals surface area contributed by atoms with Crippen LogP contribution in [0.25, 0.3) is 0 Å². The third kappa shape index (κ3) is 1.68. The summed E-state index contributed by atoms with van der Waals surface area (Å²) < 4.78 is 2.06. The average Bonchev–Trinajstić information content (AvgIpc) is 2.85. The van der Waals surface area contributed by atoms with E-state index >= 15 is 0 Å². The van der Waals surface area contributed by atoms with E-state index in [0.29, 0.717) is 12.4 Å². The van der Waals surface area contributed by atoms with E-state index in [2.05, 4.69) is 36.6 Å². The Labute approximate surface area is 105 Å². The lowest BCUT2D eigenvalue weighted by molar-refractivity contribution is 0.554. The van der Waals surface area contributed by atoms with Gasteiger partial charge in [0.05, 0.1) is 6.54 Å². The van der Waals surface area contributed by atoms with Crippen LogP contribution in [0, 0.1) is 0 Å². The highest BCUT2D eigenvalue weighted by atomic mass is 15.3. The first-order valence-electron chi connectivity index (χ1n) is 6.00. The molecular weight excluding hydrogens is 230 g/mol. The number of nitrogens with two attached hydrogens (primary N) is 1. The predicted octanol–water partition coefficient (Wildman–Crippen LogP) is 0.233. The second kappa shape index (κ2) is 4.25. The van der Waals surface area contributed by atoms with E-state index in [1.54, 1.807) is 6.33 Å². The van der Waals surface area contributed by atoms with Crippen molar-refractivity contribution in [1.82, 2.24) is 24.7 Å². The maximum Gasteiger partial charge on any atom is 0.152 e. The summed E-state index contributed by atoms with van der Waals surface area (Å²) in [5.41, 5.74) is 6.91. The highest BCUT2D eigenvalue weighted by molar-refractivity contribution is 5.56. The molecule has 2 aromatic heterocycles. The molecule has 18 heavy (non-hydrogen) atoms. The molecule has 0 amide bonds. The van der Waals surface area contributed by atoms with Crippen molar-refractivity contribution in [3.05, 3.63) is 24.0 Å².